The second-order valence-electron chi connectivity index (χ2n) is 7.40. The van der Waals surface area contributed by atoms with Gasteiger partial charge in [-0.05, 0) is 41.8 Å². The summed E-state index contributed by atoms with van der Waals surface area (Å²) in [6.07, 6.45) is 0.642. The molecule has 1 atom stereocenters. The first-order valence-corrected chi connectivity index (χ1v) is 9.83. The Morgan fingerprint density at radius 1 is 0.900 bits per heavy atom. The van der Waals surface area contributed by atoms with Crippen molar-refractivity contribution in [1.82, 2.24) is 4.90 Å². The number of phenolic OH excluding ortho intramolecular Hbond substituents is 1. The predicted octanol–water partition coefficient (Wildman–Crippen LogP) is 4.29. The standard InChI is InChI=1S/C25H19NO4/c27-18-10-6-9-17(15-18)22-21-23(28)19-11-4-5-12-20(19)30-24(21)25(29)26(22)14-13-16-7-2-1-3-8-16/h1-12,15,22,27H,13-14H2. The van der Waals surface area contributed by atoms with Crippen molar-refractivity contribution in [2.45, 2.75) is 12.5 Å². The number of hydrogen-bond acceptors (Lipinski definition) is 4. The molecule has 0 spiro atoms. The van der Waals surface area contributed by atoms with Gasteiger partial charge in [-0.2, -0.15) is 0 Å². The summed E-state index contributed by atoms with van der Waals surface area (Å²) in [6.45, 7) is 0.420. The Bertz CT molecular complexity index is 1310. The second kappa shape index (κ2) is 7.19. The zero-order valence-electron chi connectivity index (χ0n) is 16.1. The van der Waals surface area contributed by atoms with Crippen molar-refractivity contribution in [1.29, 1.82) is 0 Å². The largest absolute Gasteiger partial charge is 0.508 e. The van der Waals surface area contributed by atoms with Gasteiger partial charge in [0, 0.05) is 6.54 Å². The third-order valence-electron chi connectivity index (χ3n) is 5.54. The van der Waals surface area contributed by atoms with Gasteiger partial charge in [-0.3, -0.25) is 9.59 Å². The lowest BCUT2D eigenvalue weighted by Gasteiger charge is -2.25. The fourth-order valence-electron chi connectivity index (χ4n) is 4.13. The van der Waals surface area contributed by atoms with Gasteiger partial charge in [0.05, 0.1) is 17.0 Å². The Morgan fingerprint density at radius 2 is 1.67 bits per heavy atom. The molecule has 0 fully saturated rings. The van der Waals surface area contributed by atoms with E-state index in [0.29, 0.717) is 35.1 Å². The highest BCUT2D eigenvalue weighted by Crippen LogP contribution is 2.38. The van der Waals surface area contributed by atoms with E-state index in [1.165, 1.54) is 0 Å². The maximum Gasteiger partial charge on any atom is 0.290 e. The first kappa shape index (κ1) is 18.2. The number of aromatic hydroxyl groups is 1. The lowest BCUT2D eigenvalue weighted by molar-refractivity contribution is 0.0730. The van der Waals surface area contributed by atoms with Crippen LogP contribution in [0.2, 0.25) is 0 Å². The molecule has 0 saturated carbocycles. The molecule has 0 aliphatic carbocycles. The number of nitrogens with zero attached hydrogens (tertiary/aromatic N) is 1. The van der Waals surface area contributed by atoms with Crippen molar-refractivity contribution in [3.05, 3.63) is 112 Å². The lowest BCUT2D eigenvalue weighted by atomic mass is 9.98. The van der Waals surface area contributed by atoms with E-state index in [4.69, 9.17) is 4.42 Å². The first-order valence-electron chi connectivity index (χ1n) is 9.83. The predicted molar refractivity (Wildman–Crippen MR) is 114 cm³/mol. The molecule has 1 aromatic heterocycles. The molecule has 5 heteroatoms. The van der Waals surface area contributed by atoms with Crippen molar-refractivity contribution < 1.29 is 14.3 Å². The van der Waals surface area contributed by atoms with Gasteiger partial charge < -0.3 is 14.4 Å². The van der Waals surface area contributed by atoms with Crippen molar-refractivity contribution >= 4 is 16.9 Å². The van der Waals surface area contributed by atoms with Crippen LogP contribution in [-0.2, 0) is 6.42 Å². The fourth-order valence-corrected chi connectivity index (χ4v) is 4.13. The van der Waals surface area contributed by atoms with Crippen LogP contribution in [0.5, 0.6) is 5.75 Å². The summed E-state index contributed by atoms with van der Waals surface area (Å²) in [5, 5.41) is 10.5. The van der Waals surface area contributed by atoms with Crippen LogP contribution in [0.4, 0.5) is 0 Å². The van der Waals surface area contributed by atoms with Crippen LogP contribution >= 0.6 is 0 Å². The van der Waals surface area contributed by atoms with Crippen LogP contribution in [0.1, 0.15) is 33.3 Å². The minimum Gasteiger partial charge on any atom is -0.508 e. The summed E-state index contributed by atoms with van der Waals surface area (Å²) in [7, 11) is 0. The van der Waals surface area contributed by atoms with Gasteiger partial charge in [0.25, 0.3) is 5.91 Å². The summed E-state index contributed by atoms with van der Waals surface area (Å²) < 4.78 is 5.91. The van der Waals surface area contributed by atoms with Crippen molar-refractivity contribution in [3.63, 3.8) is 0 Å². The zero-order valence-corrected chi connectivity index (χ0v) is 16.1. The van der Waals surface area contributed by atoms with E-state index in [0.717, 1.165) is 5.56 Å². The SMILES string of the molecule is O=C1c2oc3ccccc3c(=O)c2C(c2cccc(O)c2)N1CCc1ccccc1. The Kier molecular flexibility index (Phi) is 4.36. The van der Waals surface area contributed by atoms with E-state index in [-0.39, 0.29) is 22.8 Å². The average Bonchev–Trinajstić information content (AvgIpc) is 3.05. The molecule has 0 saturated heterocycles. The van der Waals surface area contributed by atoms with E-state index in [9.17, 15) is 14.7 Å². The smallest absolute Gasteiger partial charge is 0.290 e. The number of phenols is 1. The zero-order chi connectivity index (χ0) is 20.7. The third-order valence-corrected chi connectivity index (χ3v) is 5.54. The topological polar surface area (TPSA) is 70.8 Å². The summed E-state index contributed by atoms with van der Waals surface area (Å²) in [5.74, 6) is -0.140. The van der Waals surface area contributed by atoms with Crippen molar-refractivity contribution in [2.75, 3.05) is 6.54 Å². The Labute approximate surface area is 172 Å². The van der Waals surface area contributed by atoms with Crippen LogP contribution in [-0.4, -0.2) is 22.5 Å². The minimum absolute atomic E-state index is 0.0834. The lowest BCUT2D eigenvalue weighted by Crippen LogP contribution is -2.31. The summed E-state index contributed by atoms with van der Waals surface area (Å²) in [5.41, 5.74) is 2.29. The van der Waals surface area contributed by atoms with Crippen LogP contribution < -0.4 is 5.43 Å². The maximum atomic E-state index is 13.4. The molecular weight excluding hydrogens is 378 g/mol. The van der Waals surface area contributed by atoms with Gasteiger partial charge in [-0.25, -0.2) is 0 Å². The van der Waals surface area contributed by atoms with Gasteiger partial charge in [-0.15, -0.1) is 0 Å². The van der Waals surface area contributed by atoms with E-state index in [1.54, 1.807) is 47.4 Å². The quantitative estimate of drug-likeness (QED) is 0.558. The molecule has 2 heterocycles. The van der Waals surface area contributed by atoms with Crippen LogP contribution in [0.3, 0.4) is 0 Å². The molecule has 0 bridgehead atoms. The normalized spacial score (nSPS) is 15.5. The highest BCUT2D eigenvalue weighted by molar-refractivity contribution is 5.99. The number of para-hydroxylation sites is 1. The number of carbonyl (C=O) groups excluding carboxylic acids is 1. The van der Waals surface area contributed by atoms with Gasteiger partial charge in [0.1, 0.15) is 11.3 Å². The van der Waals surface area contributed by atoms with Crippen LogP contribution in [0, 0.1) is 0 Å². The Hall–Kier alpha value is -3.86. The highest BCUT2D eigenvalue weighted by atomic mass is 16.3. The molecule has 4 aromatic rings. The molecule has 1 unspecified atom stereocenters. The molecule has 5 nitrogen and oxygen atoms in total. The molecule has 30 heavy (non-hydrogen) atoms. The average molecular weight is 397 g/mol. The van der Waals surface area contributed by atoms with Crippen LogP contribution in [0.25, 0.3) is 11.0 Å². The van der Waals surface area contributed by atoms with Gasteiger partial charge in [0.15, 0.2) is 5.43 Å². The Balaban J connectivity index is 1.66. The third kappa shape index (κ3) is 2.95. The van der Waals surface area contributed by atoms with E-state index in [2.05, 4.69) is 0 Å². The minimum atomic E-state index is -0.607. The molecule has 0 radical (unpaired) electrons. The van der Waals surface area contributed by atoms with Gasteiger partial charge in [0.2, 0.25) is 5.76 Å². The van der Waals surface area contributed by atoms with Gasteiger partial charge in [-0.1, -0.05) is 54.6 Å². The molecule has 1 amide bonds. The number of hydrogen-bond donors (Lipinski definition) is 1. The number of fused-ring (bicyclic) bond motifs is 2. The first-order chi connectivity index (χ1) is 14.6. The molecule has 1 aliphatic heterocycles. The second-order valence-corrected chi connectivity index (χ2v) is 7.40. The highest BCUT2D eigenvalue weighted by Gasteiger charge is 2.42. The van der Waals surface area contributed by atoms with E-state index in [1.807, 2.05) is 36.4 Å². The van der Waals surface area contributed by atoms with E-state index < -0.39 is 6.04 Å². The van der Waals surface area contributed by atoms with Crippen molar-refractivity contribution in [3.8, 4) is 5.75 Å². The molecular formula is C25H19NO4. The number of rotatable bonds is 4. The Morgan fingerprint density at radius 3 is 2.47 bits per heavy atom. The maximum absolute atomic E-state index is 13.4. The summed E-state index contributed by atoms with van der Waals surface area (Å²) in [6, 6.07) is 22.9. The van der Waals surface area contributed by atoms with Crippen LogP contribution in [0.15, 0.2) is 88.1 Å². The fraction of sp³-hybridized carbons (Fsp3) is 0.120. The van der Waals surface area contributed by atoms with Gasteiger partial charge >= 0.3 is 0 Å². The van der Waals surface area contributed by atoms with E-state index >= 15 is 0 Å². The summed E-state index contributed by atoms with van der Waals surface area (Å²) in [4.78, 5) is 28.3. The number of benzene rings is 3. The number of amides is 1. The summed E-state index contributed by atoms with van der Waals surface area (Å²) >= 11 is 0. The molecule has 5 rings (SSSR count). The molecule has 148 valence electrons. The van der Waals surface area contributed by atoms with Crippen molar-refractivity contribution in [2.24, 2.45) is 0 Å². The molecule has 1 N–H and O–H groups in total. The number of carbonyl (C=O) groups is 1. The molecule has 1 aliphatic rings. The monoisotopic (exact) mass is 397 g/mol. The molecule has 3 aromatic carbocycles.